The molecule has 1 heterocycles. The largest absolute Gasteiger partial charge is 0.378 e. The maximum absolute atomic E-state index is 12.0. The molecule has 0 spiro atoms. The molecule has 19 heavy (non-hydrogen) atoms. The molecule has 0 unspecified atom stereocenters. The first-order valence-corrected chi connectivity index (χ1v) is 6.03. The minimum atomic E-state index is -0.107. The number of aryl methyl sites for hydroxylation is 1. The fourth-order valence-corrected chi connectivity index (χ4v) is 1.69. The summed E-state index contributed by atoms with van der Waals surface area (Å²) in [4.78, 5) is 14.0. The lowest BCUT2D eigenvalue weighted by molar-refractivity contribution is 0.0951. The van der Waals surface area contributed by atoms with E-state index in [9.17, 15) is 4.79 Å². The number of hydrogen-bond donors (Lipinski definition) is 1. The highest BCUT2D eigenvalue weighted by molar-refractivity contribution is 5.95. The van der Waals surface area contributed by atoms with E-state index in [4.69, 9.17) is 4.52 Å². The molecule has 0 bridgehead atoms. The van der Waals surface area contributed by atoms with Gasteiger partial charge in [-0.2, -0.15) is 0 Å². The highest BCUT2D eigenvalue weighted by atomic mass is 16.5. The second-order valence-corrected chi connectivity index (χ2v) is 4.53. The monoisotopic (exact) mass is 259 g/mol. The number of benzene rings is 1. The van der Waals surface area contributed by atoms with E-state index in [-0.39, 0.29) is 5.91 Å². The normalized spacial score (nSPS) is 10.3. The van der Waals surface area contributed by atoms with Crippen LogP contribution < -0.4 is 10.2 Å². The van der Waals surface area contributed by atoms with Crippen LogP contribution in [0.4, 0.5) is 5.69 Å². The molecule has 0 saturated heterocycles. The van der Waals surface area contributed by atoms with Crippen LogP contribution in [0.3, 0.4) is 0 Å². The quantitative estimate of drug-likeness (QED) is 0.912. The SMILES string of the molecule is Cc1oncc1CNC(=O)c1cccc(N(C)C)c1. The van der Waals surface area contributed by atoms with Gasteiger partial charge in [-0.25, -0.2) is 0 Å². The Morgan fingerprint density at radius 1 is 1.42 bits per heavy atom. The number of aromatic nitrogens is 1. The Hall–Kier alpha value is -2.30. The van der Waals surface area contributed by atoms with Crippen molar-refractivity contribution in [1.82, 2.24) is 10.5 Å². The Labute approximate surface area is 112 Å². The van der Waals surface area contributed by atoms with Crippen molar-refractivity contribution in [1.29, 1.82) is 0 Å². The summed E-state index contributed by atoms with van der Waals surface area (Å²) >= 11 is 0. The molecule has 1 N–H and O–H groups in total. The van der Waals surface area contributed by atoms with Gasteiger partial charge in [-0.05, 0) is 25.1 Å². The molecular weight excluding hydrogens is 242 g/mol. The Bertz CT molecular complexity index is 576. The molecule has 5 heteroatoms. The van der Waals surface area contributed by atoms with Crippen LogP contribution in [-0.4, -0.2) is 25.2 Å². The number of anilines is 1. The van der Waals surface area contributed by atoms with Crippen molar-refractivity contribution < 1.29 is 9.32 Å². The molecule has 0 fully saturated rings. The molecule has 0 saturated carbocycles. The number of rotatable bonds is 4. The number of carbonyl (C=O) groups is 1. The Balaban J connectivity index is 2.04. The van der Waals surface area contributed by atoms with Crippen LogP contribution in [0.25, 0.3) is 0 Å². The predicted molar refractivity (Wildman–Crippen MR) is 73.2 cm³/mol. The second kappa shape index (κ2) is 5.56. The number of hydrogen-bond acceptors (Lipinski definition) is 4. The third-order valence-corrected chi connectivity index (χ3v) is 2.91. The molecular formula is C14H17N3O2. The highest BCUT2D eigenvalue weighted by Crippen LogP contribution is 2.13. The van der Waals surface area contributed by atoms with Gasteiger partial charge in [0.15, 0.2) is 0 Å². The predicted octanol–water partition coefficient (Wildman–Crippen LogP) is 1.98. The summed E-state index contributed by atoms with van der Waals surface area (Å²) in [7, 11) is 3.88. The molecule has 0 aliphatic heterocycles. The van der Waals surface area contributed by atoms with Crippen LogP contribution in [0.5, 0.6) is 0 Å². The van der Waals surface area contributed by atoms with Gasteiger partial charge in [0.1, 0.15) is 5.76 Å². The fourth-order valence-electron chi connectivity index (χ4n) is 1.69. The first kappa shape index (κ1) is 13.1. The van der Waals surface area contributed by atoms with Crippen molar-refractivity contribution in [3.8, 4) is 0 Å². The molecule has 2 aromatic rings. The molecule has 0 atom stereocenters. The highest BCUT2D eigenvalue weighted by Gasteiger charge is 2.09. The van der Waals surface area contributed by atoms with Gasteiger partial charge < -0.3 is 14.7 Å². The Morgan fingerprint density at radius 2 is 2.21 bits per heavy atom. The van der Waals surface area contributed by atoms with Crippen LogP contribution in [0, 0.1) is 6.92 Å². The summed E-state index contributed by atoms with van der Waals surface area (Å²) in [6.07, 6.45) is 1.62. The van der Waals surface area contributed by atoms with Crippen LogP contribution in [0.1, 0.15) is 21.7 Å². The third-order valence-electron chi connectivity index (χ3n) is 2.91. The van der Waals surface area contributed by atoms with E-state index in [2.05, 4.69) is 10.5 Å². The van der Waals surface area contributed by atoms with E-state index in [1.165, 1.54) is 0 Å². The van der Waals surface area contributed by atoms with Crippen molar-refractivity contribution in [3.63, 3.8) is 0 Å². The lowest BCUT2D eigenvalue weighted by Gasteiger charge is -2.13. The maximum atomic E-state index is 12.0. The minimum absolute atomic E-state index is 0.107. The van der Waals surface area contributed by atoms with Gasteiger partial charge >= 0.3 is 0 Å². The number of nitrogens with one attached hydrogen (secondary N) is 1. The zero-order valence-corrected chi connectivity index (χ0v) is 11.3. The molecule has 1 aromatic carbocycles. The van der Waals surface area contributed by atoms with E-state index in [1.54, 1.807) is 12.3 Å². The van der Waals surface area contributed by atoms with Crippen molar-refractivity contribution in [2.24, 2.45) is 0 Å². The summed E-state index contributed by atoms with van der Waals surface area (Å²) in [5, 5.41) is 6.53. The van der Waals surface area contributed by atoms with Gasteiger partial charge in [-0.1, -0.05) is 11.2 Å². The zero-order valence-electron chi connectivity index (χ0n) is 11.3. The fraction of sp³-hybridized carbons (Fsp3) is 0.286. The van der Waals surface area contributed by atoms with E-state index in [0.29, 0.717) is 12.1 Å². The van der Waals surface area contributed by atoms with E-state index in [0.717, 1.165) is 17.0 Å². The van der Waals surface area contributed by atoms with Crippen LogP contribution >= 0.6 is 0 Å². The average Bonchev–Trinajstić information content (AvgIpc) is 2.81. The molecule has 5 nitrogen and oxygen atoms in total. The zero-order chi connectivity index (χ0) is 13.8. The van der Waals surface area contributed by atoms with E-state index in [1.807, 2.05) is 44.1 Å². The molecule has 0 radical (unpaired) electrons. The molecule has 1 amide bonds. The van der Waals surface area contributed by atoms with Gasteiger partial charge in [0.2, 0.25) is 0 Å². The van der Waals surface area contributed by atoms with Crippen molar-refractivity contribution >= 4 is 11.6 Å². The lowest BCUT2D eigenvalue weighted by atomic mass is 10.1. The van der Waals surface area contributed by atoms with Gasteiger partial charge in [-0.3, -0.25) is 4.79 Å². The summed E-state index contributed by atoms with van der Waals surface area (Å²) in [6.45, 7) is 2.24. The third kappa shape index (κ3) is 3.13. The maximum Gasteiger partial charge on any atom is 0.251 e. The van der Waals surface area contributed by atoms with E-state index < -0.39 is 0 Å². The number of nitrogens with zero attached hydrogens (tertiary/aromatic N) is 2. The molecule has 0 aliphatic carbocycles. The van der Waals surface area contributed by atoms with Crippen molar-refractivity contribution in [2.45, 2.75) is 13.5 Å². The van der Waals surface area contributed by atoms with Crippen LogP contribution in [-0.2, 0) is 6.54 Å². The summed E-state index contributed by atoms with van der Waals surface area (Å²) < 4.78 is 4.95. The van der Waals surface area contributed by atoms with Crippen LogP contribution in [0.2, 0.25) is 0 Å². The molecule has 100 valence electrons. The molecule has 0 aliphatic rings. The number of carbonyl (C=O) groups excluding carboxylic acids is 1. The first-order valence-electron chi connectivity index (χ1n) is 6.03. The summed E-state index contributed by atoms with van der Waals surface area (Å²) in [5.41, 5.74) is 2.52. The molecule has 1 aromatic heterocycles. The average molecular weight is 259 g/mol. The number of amides is 1. The van der Waals surface area contributed by atoms with Crippen LogP contribution in [0.15, 0.2) is 35.0 Å². The summed E-state index contributed by atoms with van der Waals surface area (Å²) in [6, 6.07) is 7.48. The smallest absolute Gasteiger partial charge is 0.251 e. The van der Waals surface area contributed by atoms with Crippen molar-refractivity contribution in [2.75, 3.05) is 19.0 Å². The summed E-state index contributed by atoms with van der Waals surface area (Å²) in [5.74, 6) is 0.617. The van der Waals surface area contributed by atoms with Gasteiger partial charge in [-0.15, -0.1) is 0 Å². The minimum Gasteiger partial charge on any atom is -0.378 e. The molecule has 2 rings (SSSR count). The van der Waals surface area contributed by atoms with Crippen molar-refractivity contribution in [3.05, 3.63) is 47.3 Å². The first-order chi connectivity index (χ1) is 9.08. The topological polar surface area (TPSA) is 58.4 Å². The van der Waals surface area contributed by atoms with Gasteiger partial charge in [0.05, 0.1) is 6.20 Å². The Kier molecular flexibility index (Phi) is 3.85. The van der Waals surface area contributed by atoms with E-state index >= 15 is 0 Å². The Morgan fingerprint density at radius 3 is 2.84 bits per heavy atom. The standard InChI is InChI=1S/C14H17N3O2/c1-10-12(9-16-19-10)8-15-14(18)11-5-4-6-13(7-11)17(2)3/h4-7,9H,8H2,1-3H3,(H,15,18). The van der Waals surface area contributed by atoms with Gasteiger partial charge in [0, 0.05) is 37.5 Å². The lowest BCUT2D eigenvalue weighted by Crippen LogP contribution is -2.23. The second-order valence-electron chi connectivity index (χ2n) is 4.53. The van der Waals surface area contributed by atoms with Gasteiger partial charge in [0.25, 0.3) is 5.91 Å².